The van der Waals surface area contributed by atoms with Crippen LogP contribution in [0.25, 0.3) is 0 Å². The molecular formula is C67H94O15P2. The monoisotopic (exact) mass is 1200 g/mol. The quantitative estimate of drug-likeness (QED) is 0.0227. The molecule has 2 aliphatic heterocycles. The summed E-state index contributed by atoms with van der Waals surface area (Å²) in [5, 5.41) is 40.0. The Kier molecular flexibility index (Phi) is 33.5. The molecule has 2 heterocycles. The fourth-order valence-corrected chi connectivity index (χ4v) is 19.7. The molecule has 0 aliphatic carbocycles. The summed E-state index contributed by atoms with van der Waals surface area (Å²) in [4.78, 5) is 0. The SMILES string of the molecule is OCCCCCOCCO[C@@H]1[C@@H](OCCOCCOCCO)[C@@H](Cc2ccccc2)P(c2ccccc2P2[C@H](Cc3ccccc3)[C@H](OCCOCCOCCO)[C@@H](OCCOCCOCCO)[C@H]2Cc2ccccc2)[C@@H]1Cc1ccccc1. The van der Waals surface area contributed by atoms with Gasteiger partial charge in [-0.05, 0) is 77.8 Å². The second-order valence-electron chi connectivity index (χ2n) is 20.9. The van der Waals surface area contributed by atoms with Gasteiger partial charge in [-0.2, -0.15) is 0 Å². The van der Waals surface area contributed by atoms with E-state index in [0.717, 1.165) is 44.9 Å². The Hall–Kier alpha value is -3.64. The molecule has 0 bridgehead atoms. The van der Waals surface area contributed by atoms with E-state index in [9.17, 15) is 20.4 Å². The number of hydrogen-bond acceptors (Lipinski definition) is 15. The molecule has 0 saturated carbocycles. The van der Waals surface area contributed by atoms with Gasteiger partial charge in [-0.1, -0.05) is 161 Å². The Balaban J connectivity index is 1.34. The van der Waals surface area contributed by atoms with E-state index >= 15 is 0 Å². The average Bonchev–Trinajstić information content (AvgIpc) is 2.42. The minimum absolute atomic E-state index is 0.0211. The molecule has 9 atom stereocenters. The lowest BCUT2D eigenvalue weighted by molar-refractivity contribution is -0.0909. The van der Waals surface area contributed by atoms with Crippen molar-refractivity contribution in [3.05, 3.63) is 168 Å². The molecule has 7 rings (SSSR count). The summed E-state index contributed by atoms with van der Waals surface area (Å²) in [7, 11) is -2.19. The largest absolute Gasteiger partial charge is 0.396 e. The Morgan fingerprint density at radius 3 is 0.774 bits per heavy atom. The van der Waals surface area contributed by atoms with Gasteiger partial charge in [0.1, 0.15) is 0 Å². The van der Waals surface area contributed by atoms with Crippen molar-refractivity contribution in [3.8, 4) is 0 Å². The summed E-state index contributed by atoms with van der Waals surface area (Å²) < 4.78 is 70.2. The molecule has 2 fully saturated rings. The van der Waals surface area contributed by atoms with Crippen molar-refractivity contribution in [1.29, 1.82) is 0 Å². The van der Waals surface area contributed by atoms with Gasteiger partial charge in [0.2, 0.25) is 0 Å². The predicted molar refractivity (Wildman–Crippen MR) is 332 cm³/mol. The first-order valence-electron chi connectivity index (χ1n) is 30.4. The summed E-state index contributed by atoms with van der Waals surface area (Å²) >= 11 is 0. The third-order valence-corrected chi connectivity index (χ3v) is 21.9. The van der Waals surface area contributed by atoms with Gasteiger partial charge in [0, 0.05) is 35.8 Å². The van der Waals surface area contributed by atoms with Crippen molar-refractivity contribution >= 4 is 26.5 Å². The van der Waals surface area contributed by atoms with Gasteiger partial charge in [0.15, 0.2) is 0 Å². The number of aliphatic hydroxyl groups is 4. The maximum Gasteiger partial charge on any atom is 0.0917 e. The van der Waals surface area contributed by atoms with Crippen LogP contribution in [0, 0.1) is 0 Å². The van der Waals surface area contributed by atoms with Crippen molar-refractivity contribution < 1.29 is 72.5 Å². The molecule has 2 saturated heterocycles. The van der Waals surface area contributed by atoms with Crippen LogP contribution in [0.5, 0.6) is 0 Å². The van der Waals surface area contributed by atoms with Gasteiger partial charge in [0.25, 0.3) is 0 Å². The van der Waals surface area contributed by atoms with Gasteiger partial charge >= 0.3 is 0 Å². The van der Waals surface area contributed by atoms with Crippen LogP contribution in [0.2, 0.25) is 0 Å². The highest BCUT2D eigenvalue weighted by molar-refractivity contribution is 7.73. The lowest BCUT2D eigenvalue weighted by Crippen LogP contribution is -2.40. The van der Waals surface area contributed by atoms with Crippen LogP contribution in [0.3, 0.4) is 0 Å². The van der Waals surface area contributed by atoms with E-state index in [1.807, 2.05) is 0 Å². The predicted octanol–water partition coefficient (Wildman–Crippen LogP) is 7.17. The Morgan fingerprint density at radius 1 is 0.250 bits per heavy atom. The number of unbranched alkanes of at least 4 members (excludes halogenated alkanes) is 2. The highest BCUT2D eigenvalue weighted by Gasteiger charge is 2.56. The third-order valence-electron chi connectivity index (χ3n) is 15.1. The summed E-state index contributed by atoms with van der Waals surface area (Å²) in [6.45, 7) is 6.79. The van der Waals surface area contributed by atoms with Crippen LogP contribution in [0.15, 0.2) is 146 Å². The van der Waals surface area contributed by atoms with E-state index in [2.05, 4.69) is 146 Å². The first-order valence-corrected chi connectivity index (χ1v) is 33.4. The lowest BCUT2D eigenvalue weighted by Gasteiger charge is -2.35. The van der Waals surface area contributed by atoms with Crippen molar-refractivity contribution in [2.75, 3.05) is 145 Å². The van der Waals surface area contributed by atoms with E-state index < -0.39 is 15.8 Å². The zero-order chi connectivity index (χ0) is 58.5. The van der Waals surface area contributed by atoms with Crippen LogP contribution in [0.1, 0.15) is 41.5 Å². The first kappa shape index (κ1) is 67.9. The molecule has 462 valence electrons. The smallest absolute Gasteiger partial charge is 0.0917 e. The van der Waals surface area contributed by atoms with Crippen LogP contribution in [-0.4, -0.2) is 213 Å². The zero-order valence-corrected chi connectivity index (χ0v) is 50.9. The van der Waals surface area contributed by atoms with E-state index in [-0.39, 0.29) is 93.3 Å². The fourth-order valence-electron chi connectivity index (χ4n) is 11.4. The number of aliphatic hydroxyl groups excluding tert-OH is 4. The van der Waals surface area contributed by atoms with Gasteiger partial charge in [-0.15, -0.1) is 0 Å². The van der Waals surface area contributed by atoms with E-state index in [4.69, 9.17) is 52.1 Å². The van der Waals surface area contributed by atoms with Crippen molar-refractivity contribution in [3.63, 3.8) is 0 Å². The first-order chi connectivity index (χ1) is 41.6. The molecule has 0 spiro atoms. The molecule has 2 aliphatic rings. The summed E-state index contributed by atoms with van der Waals surface area (Å²) in [5.41, 5.74) is 5.06. The topological polar surface area (TPSA) is 182 Å². The van der Waals surface area contributed by atoms with Crippen molar-refractivity contribution in [2.24, 2.45) is 0 Å². The van der Waals surface area contributed by atoms with E-state index in [1.54, 1.807) is 0 Å². The zero-order valence-electron chi connectivity index (χ0n) is 49.2. The van der Waals surface area contributed by atoms with E-state index in [0.29, 0.717) is 99.1 Å². The molecule has 17 heteroatoms. The highest BCUT2D eigenvalue weighted by atomic mass is 31.1. The summed E-state index contributed by atoms with van der Waals surface area (Å²) in [6.07, 6.45) is 4.41. The fraction of sp³-hybridized carbons (Fsp3) is 0.552. The minimum Gasteiger partial charge on any atom is -0.396 e. The Labute approximate surface area is 502 Å². The standard InChI is InChI=1S/C67H94O15P2/c68-28-16-5-17-32-72-42-46-79-64-60(50-54-18-6-1-7-19-54)83(61(51-55-20-8-2-9-21-55)65(64)80-47-43-76-39-36-73-33-29-69)58-26-14-15-27-59(58)84-62(52-56-22-10-3-11-23-56)66(81-48-44-77-40-37-74-34-30-70)67(63(84)53-57-24-12-4-13-25-57)82-49-45-78-41-38-75-35-31-71/h1-4,6-15,18-27,60-71H,5,16-17,28-53H2/t60-,61-,62-,63-,64+,65+,66+,67+,83?/m1/s1. The van der Waals surface area contributed by atoms with Crippen LogP contribution in [0.4, 0.5) is 0 Å². The molecule has 5 aromatic rings. The van der Waals surface area contributed by atoms with Gasteiger partial charge in [-0.3, -0.25) is 0 Å². The molecule has 84 heavy (non-hydrogen) atoms. The van der Waals surface area contributed by atoms with Gasteiger partial charge < -0.3 is 72.5 Å². The molecule has 0 amide bonds. The van der Waals surface area contributed by atoms with Crippen LogP contribution < -0.4 is 10.6 Å². The number of rotatable bonds is 46. The van der Waals surface area contributed by atoms with Crippen molar-refractivity contribution in [2.45, 2.75) is 92.0 Å². The number of ether oxygens (including phenoxy) is 11. The number of benzene rings is 5. The van der Waals surface area contributed by atoms with Gasteiger partial charge in [0.05, 0.1) is 157 Å². The van der Waals surface area contributed by atoms with Gasteiger partial charge in [-0.25, -0.2) is 0 Å². The average molecular weight is 1200 g/mol. The summed E-state index contributed by atoms with van der Waals surface area (Å²) in [5.74, 6) is 0. The maximum absolute atomic E-state index is 9.40. The highest BCUT2D eigenvalue weighted by Crippen LogP contribution is 2.63. The molecule has 0 radical (unpaired) electrons. The third kappa shape index (κ3) is 22.8. The molecule has 0 aromatic heterocycles. The Morgan fingerprint density at radius 2 is 0.500 bits per heavy atom. The maximum atomic E-state index is 9.40. The molecule has 4 N–H and O–H groups in total. The van der Waals surface area contributed by atoms with Crippen LogP contribution >= 0.6 is 15.8 Å². The second kappa shape index (κ2) is 41.5. The molecule has 15 nitrogen and oxygen atoms in total. The molecule has 5 aromatic carbocycles. The molecule has 1 unspecified atom stereocenters. The minimum atomic E-state index is -1.10. The van der Waals surface area contributed by atoms with Crippen molar-refractivity contribution in [1.82, 2.24) is 0 Å². The number of hydrogen-bond donors (Lipinski definition) is 4. The molecular weight excluding hydrogens is 1110 g/mol. The Bertz CT molecular complexity index is 2090. The van der Waals surface area contributed by atoms with E-state index in [1.165, 1.54) is 32.9 Å². The normalized spacial score (nSPS) is 22.3. The lowest BCUT2D eigenvalue weighted by atomic mass is 9.98. The summed E-state index contributed by atoms with van der Waals surface area (Å²) in [6, 6.07) is 52.6. The second-order valence-corrected chi connectivity index (χ2v) is 26.2. The van der Waals surface area contributed by atoms with Crippen LogP contribution in [-0.2, 0) is 77.8 Å².